The molecule has 0 aromatic carbocycles. The molecule has 0 aliphatic carbocycles. The Morgan fingerprint density at radius 1 is 1.05 bits per heavy atom. The fourth-order valence-electron chi connectivity index (χ4n) is 2.60. The molecule has 2 aliphatic rings. The van der Waals surface area contributed by atoms with Crippen molar-refractivity contribution in [1.82, 2.24) is 9.80 Å². The second-order valence-electron chi connectivity index (χ2n) is 5.30. The molecular weight excluding hydrogens is 267 g/mol. The molecule has 0 saturated carbocycles. The van der Waals surface area contributed by atoms with E-state index in [1.807, 2.05) is 4.90 Å². The molecule has 0 spiro atoms. The zero-order chi connectivity index (χ0) is 13.9. The average molecular weight is 287 g/mol. The van der Waals surface area contributed by atoms with Crippen molar-refractivity contribution in [2.75, 3.05) is 32.1 Å². The number of hydrogen-bond donors (Lipinski definition) is 0. The van der Waals surface area contributed by atoms with Gasteiger partial charge in [-0.2, -0.15) is 0 Å². The van der Waals surface area contributed by atoms with E-state index in [1.54, 1.807) is 0 Å². The highest BCUT2D eigenvalue weighted by atomic mass is 31.2. The minimum atomic E-state index is -3.54. The molecule has 6 nitrogen and oxygen atoms in total. The summed E-state index contributed by atoms with van der Waals surface area (Å²) in [5.74, 6) is -0.494. The van der Waals surface area contributed by atoms with Crippen LogP contribution in [-0.2, 0) is 14.2 Å². The second kappa shape index (κ2) is 6.16. The Balaban J connectivity index is 1.81. The van der Waals surface area contributed by atoms with Gasteiger partial charge in [0, 0.05) is 39.2 Å². The van der Waals surface area contributed by atoms with Crippen molar-refractivity contribution in [2.45, 2.75) is 32.1 Å². The van der Waals surface area contributed by atoms with Gasteiger partial charge in [0.05, 0.1) is 0 Å². The number of nitrogens with zero attached hydrogens (tertiary/aromatic N) is 2. The SMILES string of the molecule is O=C1CCC(=O)N1CCP(=O)([O-])CN1CCCCC1. The van der Waals surface area contributed by atoms with Crippen LogP contribution < -0.4 is 4.89 Å². The summed E-state index contributed by atoms with van der Waals surface area (Å²) in [4.78, 5) is 37.8. The van der Waals surface area contributed by atoms with Crippen LogP contribution in [-0.4, -0.2) is 53.7 Å². The number of carbonyl (C=O) groups excluding carboxylic acids is 2. The maximum atomic E-state index is 12.0. The molecule has 2 rings (SSSR count). The smallest absolute Gasteiger partial charge is 0.229 e. The Morgan fingerprint density at radius 3 is 2.21 bits per heavy atom. The minimum Gasteiger partial charge on any atom is -0.798 e. The Kier molecular flexibility index (Phi) is 4.76. The quantitative estimate of drug-likeness (QED) is 0.533. The Labute approximate surface area is 113 Å². The zero-order valence-corrected chi connectivity index (χ0v) is 11.9. The highest BCUT2D eigenvalue weighted by molar-refractivity contribution is 7.56. The third-order valence-electron chi connectivity index (χ3n) is 3.68. The number of carbonyl (C=O) groups is 2. The lowest BCUT2D eigenvalue weighted by Crippen LogP contribution is -2.36. The number of imide groups is 1. The molecule has 7 heteroatoms. The van der Waals surface area contributed by atoms with Crippen LogP contribution in [0.15, 0.2) is 0 Å². The first-order valence-corrected chi connectivity index (χ1v) is 8.82. The van der Waals surface area contributed by atoms with Gasteiger partial charge < -0.3 is 9.46 Å². The van der Waals surface area contributed by atoms with E-state index in [1.165, 1.54) is 0 Å². The lowest BCUT2D eigenvalue weighted by Gasteiger charge is -2.34. The van der Waals surface area contributed by atoms with E-state index >= 15 is 0 Å². The second-order valence-corrected chi connectivity index (χ2v) is 7.66. The van der Waals surface area contributed by atoms with E-state index < -0.39 is 7.37 Å². The summed E-state index contributed by atoms with van der Waals surface area (Å²) in [7, 11) is -3.54. The number of likely N-dealkylation sites (tertiary alicyclic amines) is 2. The van der Waals surface area contributed by atoms with Crippen LogP contribution in [0.3, 0.4) is 0 Å². The van der Waals surface area contributed by atoms with Gasteiger partial charge in [-0.15, -0.1) is 0 Å². The normalized spacial score (nSPS) is 24.8. The highest BCUT2D eigenvalue weighted by Crippen LogP contribution is 2.37. The first-order valence-electron chi connectivity index (χ1n) is 6.83. The van der Waals surface area contributed by atoms with Gasteiger partial charge in [0.2, 0.25) is 11.8 Å². The maximum Gasteiger partial charge on any atom is 0.229 e. The monoisotopic (exact) mass is 287 g/mol. The molecular formula is C12H20N2O4P-. The van der Waals surface area contributed by atoms with E-state index in [9.17, 15) is 19.0 Å². The molecule has 0 aromatic heterocycles. The molecule has 0 N–H and O–H groups in total. The largest absolute Gasteiger partial charge is 0.798 e. The average Bonchev–Trinajstić information content (AvgIpc) is 2.67. The van der Waals surface area contributed by atoms with Crippen LogP contribution in [0.4, 0.5) is 0 Å². The third kappa shape index (κ3) is 4.13. The van der Waals surface area contributed by atoms with Crippen molar-refractivity contribution >= 4 is 19.2 Å². The van der Waals surface area contributed by atoms with E-state index in [2.05, 4.69) is 0 Å². The summed E-state index contributed by atoms with van der Waals surface area (Å²) in [6, 6.07) is 0. The van der Waals surface area contributed by atoms with Gasteiger partial charge in [0.1, 0.15) is 0 Å². The molecule has 2 aliphatic heterocycles. The van der Waals surface area contributed by atoms with Crippen LogP contribution in [0.2, 0.25) is 0 Å². The molecule has 0 radical (unpaired) electrons. The summed E-state index contributed by atoms with van der Waals surface area (Å²) < 4.78 is 12.0. The van der Waals surface area contributed by atoms with Gasteiger partial charge in [-0.05, 0) is 25.9 Å². The van der Waals surface area contributed by atoms with Crippen LogP contribution in [0.25, 0.3) is 0 Å². The molecule has 2 saturated heterocycles. The van der Waals surface area contributed by atoms with E-state index in [0.717, 1.165) is 37.3 Å². The van der Waals surface area contributed by atoms with Crippen molar-refractivity contribution in [3.8, 4) is 0 Å². The first kappa shape index (κ1) is 14.7. The Bertz CT molecular complexity index is 391. The van der Waals surface area contributed by atoms with Crippen LogP contribution in [0, 0.1) is 0 Å². The summed E-state index contributed by atoms with van der Waals surface area (Å²) >= 11 is 0. The van der Waals surface area contributed by atoms with Crippen LogP contribution in [0.1, 0.15) is 32.1 Å². The number of piperidine rings is 1. The topological polar surface area (TPSA) is 80.8 Å². The molecule has 108 valence electrons. The predicted molar refractivity (Wildman–Crippen MR) is 68.7 cm³/mol. The van der Waals surface area contributed by atoms with Crippen molar-refractivity contribution in [2.24, 2.45) is 0 Å². The third-order valence-corrected chi connectivity index (χ3v) is 5.40. The highest BCUT2D eigenvalue weighted by Gasteiger charge is 2.29. The maximum absolute atomic E-state index is 12.0. The van der Waals surface area contributed by atoms with Crippen molar-refractivity contribution in [3.63, 3.8) is 0 Å². The van der Waals surface area contributed by atoms with Gasteiger partial charge in [0.25, 0.3) is 0 Å². The van der Waals surface area contributed by atoms with Crippen molar-refractivity contribution in [3.05, 3.63) is 0 Å². The van der Waals surface area contributed by atoms with Gasteiger partial charge >= 0.3 is 0 Å². The summed E-state index contributed by atoms with van der Waals surface area (Å²) in [6.07, 6.45) is 3.66. The van der Waals surface area contributed by atoms with E-state index in [0.29, 0.717) is 0 Å². The lowest BCUT2D eigenvalue weighted by atomic mass is 10.1. The fraction of sp³-hybridized carbons (Fsp3) is 0.833. The molecule has 19 heavy (non-hydrogen) atoms. The van der Waals surface area contributed by atoms with Gasteiger partial charge in [-0.1, -0.05) is 6.42 Å². The van der Waals surface area contributed by atoms with Crippen LogP contribution in [0.5, 0.6) is 0 Å². The van der Waals surface area contributed by atoms with Gasteiger partial charge in [0.15, 0.2) is 0 Å². The van der Waals surface area contributed by atoms with E-state index in [-0.39, 0.29) is 43.6 Å². The van der Waals surface area contributed by atoms with Gasteiger partial charge in [-0.25, -0.2) is 0 Å². The molecule has 1 atom stereocenters. The van der Waals surface area contributed by atoms with Gasteiger partial charge in [-0.3, -0.25) is 19.4 Å². The Morgan fingerprint density at radius 2 is 1.63 bits per heavy atom. The molecule has 1 unspecified atom stereocenters. The number of rotatable bonds is 5. The number of hydrogen-bond acceptors (Lipinski definition) is 5. The van der Waals surface area contributed by atoms with E-state index in [4.69, 9.17) is 0 Å². The molecule has 2 amide bonds. The fourth-order valence-corrected chi connectivity index (χ4v) is 4.14. The van der Waals surface area contributed by atoms with Crippen LogP contribution >= 0.6 is 7.37 Å². The standard InChI is InChI=1S/C12H21N2O4P/c15-11-4-5-12(16)14(11)8-9-19(17,18)10-13-6-2-1-3-7-13/h1-10H2,(H,17,18)/p-1. The first-order chi connectivity index (χ1) is 8.98. The minimum absolute atomic E-state index is 0.0201. The molecule has 0 aromatic rings. The van der Waals surface area contributed by atoms with Crippen molar-refractivity contribution in [1.29, 1.82) is 0 Å². The Hall–Kier alpha value is -0.710. The molecule has 0 bridgehead atoms. The molecule has 2 heterocycles. The number of amides is 2. The zero-order valence-electron chi connectivity index (χ0n) is 11.0. The predicted octanol–water partition coefficient (Wildman–Crippen LogP) is 0.217. The lowest BCUT2D eigenvalue weighted by molar-refractivity contribution is -0.177. The summed E-state index contributed by atoms with van der Waals surface area (Å²) in [5.41, 5.74) is 0. The van der Waals surface area contributed by atoms with Crippen molar-refractivity contribution < 1.29 is 19.0 Å². The molecule has 2 fully saturated rings. The summed E-state index contributed by atoms with van der Waals surface area (Å²) in [6.45, 7) is 1.67. The summed E-state index contributed by atoms with van der Waals surface area (Å²) in [5, 5.41) is 0.